The Balaban J connectivity index is 0.000000209. The number of rotatable bonds is 2. The third kappa shape index (κ3) is 5.77. The molecule has 0 spiro atoms. The number of nitriles is 1. The summed E-state index contributed by atoms with van der Waals surface area (Å²) in [6.07, 6.45) is -1.41. The van der Waals surface area contributed by atoms with Crippen LogP contribution in [0, 0.1) is 11.3 Å². The first-order valence-corrected chi connectivity index (χ1v) is 9.81. The van der Waals surface area contributed by atoms with Gasteiger partial charge in [0.15, 0.2) is 0 Å². The largest absolute Gasteiger partial charge is 0.416 e. The molecule has 3 rings (SSSR count). The second kappa shape index (κ2) is 8.82. The summed E-state index contributed by atoms with van der Waals surface area (Å²) in [5.41, 5.74) is 0.636. The van der Waals surface area contributed by atoms with Gasteiger partial charge in [0.05, 0.1) is 16.8 Å². The average Bonchev–Trinajstić information content (AvgIpc) is 2.68. The Kier molecular flexibility index (Phi) is 6.72. The van der Waals surface area contributed by atoms with Crippen LogP contribution in [0.4, 0.5) is 13.2 Å². The second-order valence-electron chi connectivity index (χ2n) is 5.22. The van der Waals surface area contributed by atoms with Gasteiger partial charge >= 0.3 is 6.18 Å². The number of alkyl halides is 3. The van der Waals surface area contributed by atoms with Crippen molar-refractivity contribution in [3.63, 3.8) is 0 Å². The number of halogens is 4. The molecule has 0 atom stereocenters. The summed E-state index contributed by atoms with van der Waals surface area (Å²) in [6.45, 7) is 0. The fourth-order valence-electron chi connectivity index (χ4n) is 2.06. The number of hydrogen-bond donors (Lipinski definition) is 0. The van der Waals surface area contributed by atoms with Gasteiger partial charge in [0, 0.05) is 22.4 Å². The molecule has 0 aliphatic heterocycles. The van der Waals surface area contributed by atoms with Crippen LogP contribution in [0.1, 0.15) is 11.1 Å². The number of benzene rings is 2. The Morgan fingerprint density at radius 2 is 1.64 bits per heavy atom. The minimum absolute atomic E-state index is 0.0625. The molecule has 0 unspecified atom stereocenters. The lowest BCUT2D eigenvalue weighted by Crippen LogP contribution is -2.04. The molecule has 0 fully saturated rings. The summed E-state index contributed by atoms with van der Waals surface area (Å²) < 4.78 is 58.5. The Morgan fingerprint density at radius 1 is 1.00 bits per heavy atom. The molecule has 0 saturated heterocycles. The fraction of sp³-hybridized carbons (Fsp3) is 0.0556. The molecule has 28 heavy (non-hydrogen) atoms. The maximum Gasteiger partial charge on any atom is 0.416 e. The first-order chi connectivity index (χ1) is 13.1. The maximum absolute atomic E-state index is 12.3. The van der Waals surface area contributed by atoms with Gasteiger partial charge in [-0.25, -0.2) is 18.4 Å². The third-order valence-electron chi connectivity index (χ3n) is 3.36. The predicted molar refractivity (Wildman–Crippen MR) is 96.7 cm³/mol. The SMILES string of the molecule is FC(F)(F)c1ccc(-c2ccncn2)cc1.N#Cc1ccccc1S(=O)(=O)Cl. The number of aromatic nitrogens is 2. The molecule has 0 aliphatic rings. The molecule has 3 aromatic rings. The van der Waals surface area contributed by atoms with Crippen molar-refractivity contribution < 1.29 is 21.6 Å². The summed E-state index contributed by atoms with van der Waals surface area (Å²) in [4.78, 5) is 7.54. The Morgan fingerprint density at radius 3 is 2.11 bits per heavy atom. The molecule has 1 aromatic heterocycles. The first-order valence-electron chi connectivity index (χ1n) is 7.50. The molecule has 5 nitrogen and oxygen atoms in total. The smallest absolute Gasteiger partial charge is 0.245 e. The monoisotopic (exact) mass is 425 g/mol. The van der Waals surface area contributed by atoms with Crippen LogP contribution in [-0.4, -0.2) is 18.4 Å². The van der Waals surface area contributed by atoms with Crippen molar-refractivity contribution in [1.29, 1.82) is 5.26 Å². The Bertz CT molecular complexity index is 1080. The minimum Gasteiger partial charge on any atom is -0.245 e. The van der Waals surface area contributed by atoms with E-state index in [9.17, 15) is 21.6 Å². The zero-order valence-electron chi connectivity index (χ0n) is 13.9. The Hall–Kier alpha value is -2.96. The Labute approximate surface area is 163 Å². The van der Waals surface area contributed by atoms with Crippen LogP contribution in [0.5, 0.6) is 0 Å². The topological polar surface area (TPSA) is 83.7 Å². The van der Waals surface area contributed by atoms with E-state index >= 15 is 0 Å². The minimum atomic E-state index is -4.30. The highest BCUT2D eigenvalue weighted by Crippen LogP contribution is 2.30. The zero-order chi connectivity index (χ0) is 20.8. The lowest BCUT2D eigenvalue weighted by molar-refractivity contribution is -0.137. The van der Waals surface area contributed by atoms with Crippen LogP contribution < -0.4 is 0 Å². The van der Waals surface area contributed by atoms with Crippen LogP contribution >= 0.6 is 10.7 Å². The van der Waals surface area contributed by atoms with Gasteiger partial charge in [-0.15, -0.1) is 0 Å². The summed E-state index contributed by atoms with van der Waals surface area (Å²) >= 11 is 0. The van der Waals surface area contributed by atoms with E-state index in [2.05, 4.69) is 9.97 Å². The summed E-state index contributed by atoms with van der Waals surface area (Å²) in [5, 5.41) is 8.51. The van der Waals surface area contributed by atoms with Crippen molar-refractivity contribution in [2.45, 2.75) is 11.1 Å². The van der Waals surface area contributed by atoms with Crippen molar-refractivity contribution >= 4 is 19.7 Å². The van der Waals surface area contributed by atoms with Gasteiger partial charge in [-0.05, 0) is 30.3 Å². The molecule has 0 saturated carbocycles. The summed E-state index contributed by atoms with van der Waals surface area (Å²) in [5.74, 6) is 0. The van der Waals surface area contributed by atoms with Gasteiger partial charge < -0.3 is 0 Å². The van der Waals surface area contributed by atoms with Crippen molar-refractivity contribution in [2.75, 3.05) is 0 Å². The van der Waals surface area contributed by atoms with Crippen molar-refractivity contribution in [1.82, 2.24) is 9.97 Å². The molecule has 0 aliphatic carbocycles. The lowest BCUT2D eigenvalue weighted by Gasteiger charge is -2.06. The van der Waals surface area contributed by atoms with Crippen LogP contribution in [0.2, 0.25) is 0 Å². The van der Waals surface area contributed by atoms with E-state index in [1.165, 1.54) is 36.7 Å². The highest BCUT2D eigenvalue weighted by molar-refractivity contribution is 8.13. The standard InChI is InChI=1S/C11H7F3N2.C7H4ClNO2S/c12-11(13,14)9-3-1-8(2-4-9)10-5-6-15-7-16-10;8-12(10,11)7-4-2-1-3-6(7)5-9/h1-7H;1-4H. The van der Waals surface area contributed by atoms with Crippen LogP contribution in [0.3, 0.4) is 0 Å². The van der Waals surface area contributed by atoms with E-state index in [4.69, 9.17) is 15.9 Å². The predicted octanol–water partition coefficient (Wildman–Crippen LogP) is 4.65. The van der Waals surface area contributed by atoms with E-state index in [1.807, 2.05) is 0 Å². The molecule has 144 valence electrons. The van der Waals surface area contributed by atoms with Crippen LogP contribution in [0.15, 0.2) is 72.0 Å². The van der Waals surface area contributed by atoms with Gasteiger partial charge in [0.2, 0.25) is 0 Å². The van der Waals surface area contributed by atoms with E-state index in [1.54, 1.807) is 24.4 Å². The molecular formula is C18H11ClF3N3O2S. The number of hydrogen-bond acceptors (Lipinski definition) is 5. The van der Waals surface area contributed by atoms with Crippen molar-refractivity contribution in [2.24, 2.45) is 0 Å². The molecular weight excluding hydrogens is 415 g/mol. The lowest BCUT2D eigenvalue weighted by atomic mass is 10.1. The highest BCUT2D eigenvalue weighted by Gasteiger charge is 2.29. The number of nitrogens with zero attached hydrogens (tertiary/aromatic N) is 3. The third-order valence-corrected chi connectivity index (χ3v) is 4.74. The van der Waals surface area contributed by atoms with E-state index in [0.717, 1.165) is 12.1 Å². The molecule has 0 N–H and O–H groups in total. The second-order valence-corrected chi connectivity index (χ2v) is 7.75. The summed E-state index contributed by atoms with van der Waals surface area (Å²) in [6, 6.07) is 14.0. The van der Waals surface area contributed by atoms with E-state index < -0.39 is 20.8 Å². The first kappa shape index (κ1) is 21.3. The molecule has 1 heterocycles. The van der Waals surface area contributed by atoms with Crippen LogP contribution in [0.25, 0.3) is 11.3 Å². The highest BCUT2D eigenvalue weighted by atomic mass is 35.7. The molecule has 0 amide bonds. The fourth-order valence-corrected chi connectivity index (χ4v) is 3.08. The van der Waals surface area contributed by atoms with Crippen molar-refractivity contribution in [3.05, 3.63) is 78.2 Å². The molecule has 0 bridgehead atoms. The van der Waals surface area contributed by atoms with Gasteiger partial charge in [0.25, 0.3) is 9.05 Å². The van der Waals surface area contributed by atoms with Gasteiger partial charge in [-0.1, -0.05) is 24.3 Å². The average molecular weight is 426 g/mol. The normalized spacial score (nSPS) is 11.1. The van der Waals surface area contributed by atoms with Gasteiger partial charge in [-0.3, -0.25) is 0 Å². The van der Waals surface area contributed by atoms with Gasteiger partial charge in [-0.2, -0.15) is 18.4 Å². The van der Waals surface area contributed by atoms with Crippen LogP contribution in [-0.2, 0) is 15.2 Å². The maximum atomic E-state index is 12.3. The quantitative estimate of drug-likeness (QED) is 0.558. The molecule has 10 heteroatoms. The summed E-state index contributed by atoms with van der Waals surface area (Å²) in [7, 11) is 1.27. The molecule has 2 aromatic carbocycles. The zero-order valence-corrected chi connectivity index (χ0v) is 15.5. The van der Waals surface area contributed by atoms with Crippen molar-refractivity contribution in [3.8, 4) is 17.3 Å². The van der Waals surface area contributed by atoms with E-state index in [-0.39, 0.29) is 10.5 Å². The van der Waals surface area contributed by atoms with Gasteiger partial charge in [0.1, 0.15) is 17.3 Å². The molecule has 0 radical (unpaired) electrons. The van der Waals surface area contributed by atoms with E-state index in [0.29, 0.717) is 11.3 Å².